The Kier molecular flexibility index (Phi) is 10.9. The van der Waals surface area contributed by atoms with E-state index in [1.54, 1.807) is 0 Å². The van der Waals surface area contributed by atoms with Crippen LogP contribution in [0.5, 0.6) is 0 Å². The van der Waals surface area contributed by atoms with Gasteiger partial charge in [0.25, 0.3) is 0 Å². The highest BCUT2D eigenvalue weighted by Crippen LogP contribution is 2.42. The molecule has 0 aliphatic rings. The van der Waals surface area contributed by atoms with E-state index in [-0.39, 0.29) is 5.97 Å². The minimum absolute atomic E-state index is 0.287. The minimum Gasteiger partial charge on any atom is -0.465 e. The Hall–Kier alpha value is -1.39. The Labute approximate surface area is 180 Å². The second kappa shape index (κ2) is 12.3. The van der Waals surface area contributed by atoms with Crippen molar-refractivity contribution < 1.29 is 14.0 Å². The van der Waals surface area contributed by atoms with Crippen molar-refractivity contribution in [2.45, 2.75) is 90.8 Å². The number of methoxy groups -OCH3 is 1. The summed E-state index contributed by atoms with van der Waals surface area (Å²) < 4.78 is 11.4. The summed E-state index contributed by atoms with van der Waals surface area (Å²) in [7, 11) is -0.320. The third kappa shape index (κ3) is 7.42. The summed E-state index contributed by atoms with van der Waals surface area (Å²) in [4.78, 5) is 11.5. The van der Waals surface area contributed by atoms with Crippen molar-refractivity contribution in [3.63, 3.8) is 0 Å². The summed E-state index contributed by atoms with van der Waals surface area (Å²) in [6, 6.07) is 7.65. The van der Waals surface area contributed by atoms with Crippen molar-refractivity contribution in [2.24, 2.45) is 0 Å². The molecule has 0 bridgehead atoms. The van der Waals surface area contributed by atoms with E-state index in [9.17, 15) is 4.79 Å². The van der Waals surface area contributed by atoms with E-state index < -0.39 is 8.32 Å². The normalized spacial score (nSPS) is 12.9. The average molecular weight is 419 g/mol. The SMILES string of the molecule is COC(=O)c1ccc(C/C=C(\C)CCCCO[Si](C(C)C)(C(C)C)C(C)C)cc1. The zero-order valence-corrected chi connectivity index (χ0v) is 20.9. The van der Waals surface area contributed by atoms with Crippen molar-refractivity contribution in [2.75, 3.05) is 13.7 Å². The van der Waals surface area contributed by atoms with Crippen LogP contribution in [0.25, 0.3) is 0 Å². The zero-order chi connectivity index (χ0) is 22.0. The fraction of sp³-hybridized carbons (Fsp3) is 0.640. The van der Waals surface area contributed by atoms with Crippen molar-refractivity contribution in [3.05, 3.63) is 47.0 Å². The van der Waals surface area contributed by atoms with Crippen molar-refractivity contribution in [3.8, 4) is 0 Å². The smallest absolute Gasteiger partial charge is 0.337 e. The standard InChI is InChI=1S/C25H42O3Si/c1-19(2)29(20(3)4,21(5)6)28-18-10-9-11-22(7)12-13-23-14-16-24(17-15-23)25(26)27-8/h12,14-17,19-21H,9-11,13,18H2,1-8H3/b22-12+. The maximum absolute atomic E-state index is 11.5. The first-order valence-corrected chi connectivity index (χ1v) is 13.3. The van der Waals surface area contributed by atoms with Gasteiger partial charge in [-0.15, -0.1) is 0 Å². The summed E-state index contributed by atoms with van der Waals surface area (Å²) in [5, 5.41) is 0. The van der Waals surface area contributed by atoms with E-state index in [0.29, 0.717) is 22.2 Å². The zero-order valence-electron chi connectivity index (χ0n) is 19.9. The highest BCUT2D eigenvalue weighted by atomic mass is 28.4. The van der Waals surface area contributed by atoms with E-state index in [0.717, 1.165) is 25.9 Å². The molecule has 1 rings (SSSR count). The number of rotatable bonds is 12. The van der Waals surface area contributed by atoms with Crippen LogP contribution in [-0.4, -0.2) is 28.0 Å². The predicted molar refractivity (Wildman–Crippen MR) is 126 cm³/mol. The quantitative estimate of drug-likeness (QED) is 0.154. The molecule has 1 aromatic carbocycles. The predicted octanol–water partition coefficient (Wildman–Crippen LogP) is 7.32. The van der Waals surface area contributed by atoms with Crippen LogP contribution in [0.3, 0.4) is 0 Å². The van der Waals surface area contributed by atoms with Crippen LogP contribution in [-0.2, 0) is 15.6 Å². The van der Waals surface area contributed by atoms with E-state index in [1.807, 2.05) is 24.3 Å². The summed E-state index contributed by atoms with van der Waals surface area (Å²) in [5.74, 6) is -0.287. The highest BCUT2D eigenvalue weighted by molar-refractivity contribution is 6.77. The Morgan fingerprint density at radius 3 is 2.00 bits per heavy atom. The molecule has 4 heteroatoms. The number of carbonyl (C=O) groups excluding carboxylic acids is 1. The van der Waals surface area contributed by atoms with Gasteiger partial charge in [-0.05, 0) is 66.9 Å². The Morgan fingerprint density at radius 2 is 1.52 bits per heavy atom. The topological polar surface area (TPSA) is 35.5 Å². The number of ether oxygens (including phenoxy) is 1. The molecule has 0 heterocycles. The van der Waals surface area contributed by atoms with Crippen LogP contribution < -0.4 is 0 Å². The summed E-state index contributed by atoms with van der Waals surface area (Å²) in [6.45, 7) is 17.2. The van der Waals surface area contributed by atoms with Gasteiger partial charge in [0, 0.05) is 6.61 Å². The number of unbranched alkanes of at least 4 members (excludes halogenated alkanes) is 1. The maximum atomic E-state index is 11.5. The number of allylic oxidation sites excluding steroid dienone is 2. The molecule has 0 atom stereocenters. The average Bonchev–Trinajstić information content (AvgIpc) is 2.67. The van der Waals surface area contributed by atoms with Gasteiger partial charge >= 0.3 is 5.97 Å². The van der Waals surface area contributed by atoms with Gasteiger partial charge in [-0.1, -0.05) is 65.3 Å². The fourth-order valence-electron chi connectivity index (χ4n) is 4.54. The lowest BCUT2D eigenvalue weighted by molar-refractivity contribution is 0.0600. The first kappa shape index (κ1) is 25.6. The molecule has 1 aromatic rings. The van der Waals surface area contributed by atoms with Gasteiger partial charge in [0.15, 0.2) is 8.32 Å². The van der Waals surface area contributed by atoms with Crippen LogP contribution in [0.2, 0.25) is 16.6 Å². The van der Waals surface area contributed by atoms with Crippen LogP contribution in [0.1, 0.15) is 83.7 Å². The molecule has 0 aliphatic heterocycles. The molecule has 0 amide bonds. The van der Waals surface area contributed by atoms with E-state index in [1.165, 1.54) is 24.7 Å². The molecule has 0 aliphatic carbocycles. The van der Waals surface area contributed by atoms with Gasteiger partial charge in [0.05, 0.1) is 12.7 Å². The van der Waals surface area contributed by atoms with Crippen LogP contribution in [0, 0.1) is 0 Å². The lowest BCUT2D eigenvalue weighted by Crippen LogP contribution is -2.47. The first-order valence-electron chi connectivity index (χ1n) is 11.1. The van der Waals surface area contributed by atoms with Crippen molar-refractivity contribution >= 4 is 14.3 Å². The summed E-state index contributed by atoms with van der Waals surface area (Å²) in [6.07, 6.45) is 6.60. The maximum Gasteiger partial charge on any atom is 0.337 e. The van der Waals surface area contributed by atoms with Crippen LogP contribution in [0.4, 0.5) is 0 Å². The van der Waals surface area contributed by atoms with Gasteiger partial charge < -0.3 is 9.16 Å². The molecule has 29 heavy (non-hydrogen) atoms. The first-order chi connectivity index (χ1) is 13.6. The highest BCUT2D eigenvalue weighted by Gasteiger charge is 2.44. The lowest BCUT2D eigenvalue weighted by atomic mass is 10.0. The van der Waals surface area contributed by atoms with Gasteiger partial charge in [0.2, 0.25) is 0 Å². The molecule has 0 saturated heterocycles. The number of benzene rings is 1. The number of esters is 1. The summed E-state index contributed by atoms with van der Waals surface area (Å²) >= 11 is 0. The molecule has 0 aromatic heterocycles. The van der Waals surface area contributed by atoms with Gasteiger partial charge in [-0.3, -0.25) is 0 Å². The summed E-state index contributed by atoms with van der Waals surface area (Å²) in [5.41, 5.74) is 5.17. The molecule has 3 nitrogen and oxygen atoms in total. The van der Waals surface area contributed by atoms with Crippen molar-refractivity contribution in [1.82, 2.24) is 0 Å². The molecule has 164 valence electrons. The van der Waals surface area contributed by atoms with Gasteiger partial charge in [0.1, 0.15) is 0 Å². The largest absolute Gasteiger partial charge is 0.465 e. The molecule has 0 radical (unpaired) electrons. The monoisotopic (exact) mass is 418 g/mol. The third-order valence-corrected chi connectivity index (χ3v) is 12.2. The Bertz CT molecular complexity index is 623. The second-order valence-corrected chi connectivity index (χ2v) is 14.5. The third-order valence-electron chi connectivity index (χ3n) is 6.09. The Balaban J connectivity index is 2.45. The minimum atomic E-state index is -1.73. The molecule has 0 fully saturated rings. The van der Waals surface area contributed by atoms with Crippen LogP contribution >= 0.6 is 0 Å². The van der Waals surface area contributed by atoms with E-state index in [4.69, 9.17) is 9.16 Å². The lowest BCUT2D eigenvalue weighted by Gasteiger charge is -2.42. The number of carbonyl (C=O) groups is 1. The number of hydrogen-bond donors (Lipinski definition) is 0. The molecule has 0 saturated carbocycles. The number of hydrogen-bond acceptors (Lipinski definition) is 3. The molecule has 0 unspecified atom stereocenters. The van der Waals surface area contributed by atoms with Gasteiger partial charge in [-0.2, -0.15) is 0 Å². The molecule has 0 spiro atoms. The van der Waals surface area contributed by atoms with Crippen LogP contribution in [0.15, 0.2) is 35.9 Å². The van der Waals surface area contributed by atoms with E-state index >= 15 is 0 Å². The molecule has 0 N–H and O–H groups in total. The van der Waals surface area contributed by atoms with Gasteiger partial charge in [-0.25, -0.2) is 4.79 Å². The molecular formula is C25H42O3Si. The van der Waals surface area contributed by atoms with E-state index in [2.05, 4.69) is 54.5 Å². The van der Waals surface area contributed by atoms with Crippen molar-refractivity contribution in [1.29, 1.82) is 0 Å². The Morgan fingerprint density at radius 1 is 0.966 bits per heavy atom. The second-order valence-electron chi connectivity index (χ2n) is 9.07. The fourth-order valence-corrected chi connectivity index (χ4v) is 10.0. The molecular weight excluding hydrogens is 376 g/mol.